The summed E-state index contributed by atoms with van der Waals surface area (Å²) in [6, 6.07) is 5.16. The average molecular weight is 416 g/mol. The minimum Gasteiger partial charge on any atom is -0.326 e. The largest absolute Gasteiger partial charge is 0.326 e. The van der Waals surface area contributed by atoms with Gasteiger partial charge in [0.15, 0.2) is 0 Å². The van der Waals surface area contributed by atoms with E-state index in [9.17, 15) is 13.2 Å². The Morgan fingerprint density at radius 2 is 1.81 bits per heavy atom. The van der Waals surface area contributed by atoms with Gasteiger partial charge in [0.1, 0.15) is 0 Å². The molecule has 2 N–H and O–H groups in total. The van der Waals surface area contributed by atoms with Gasteiger partial charge in [-0.1, -0.05) is 25.8 Å². The number of anilines is 1. The Morgan fingerprint density at radius 3 is 2.37 bits per heavy atom. The van der Waals surface area contributed by atoms with Crippen LogP contribution < -0.4 is 10.6 Å². The van der Waals surface area contributed by atoms with Crippen LogP contribution in [0.25, 0.3) is 0 Å². The first-order valence-corrected chi connectivity index (χ1v) is 11.0. The second-order valence-electron chi connectivity index (χ2n) is 7.49. The van der Waals surface area contributed by atoms with E-state index in [1.807, 2.05) is 6.92 Å². The fourth-order valence-electron chi connectivity index (χ4n) is 3.51. The van der Waals surface area contributed by atoms with Crippen molar-refractivity contribution < 1.29 is 13.2 Å². The van der Waals surface area contributed by atoms with Crippen molar-refractivity contribution in [2.75, 3.05) is 31.5 Å². The molecule has 1 unspecified atom stereocenters. The summed E-state index contributed by atoms with van der Waals surface area (Å²) in [5.41, 5.74) is 1.26. The van der Waals surface area contributed by atoms with E-state index in [2.05, 4.69) is 10.6 Å². The predicted octanol–water partition coefficient (Wildman–Crippen LogP) is 2.78. The Kier molecular flexibility index (Phi) is 7.68. The number of aryl methyl sites for hydroxylation is 1. The molecule has 6 nitrogen and oxygen atoms in total. The van der Waals surface area contributed by atoms with Crippen LogP contribution in [0.3, 0.4) is 0 Å². The zero-order chi connectivity index (χ0) is 18.7. The number of rotatable bonds is 5. The first-order valence-electron chi connectivity index (χ1n) is 9.52. The van der Waals surface area contributed by atoms with Crippen LogP contribution in [0.5, 0.6) is 0 Å². The first kappa shape index (κ1) is 22.1. The molecular formula is C19H30ClN3O3S. The number of benzene rings is 1. The molecule has 1 amide bonds. The zero-order valence-electron chi connectivity index (χ0n) is 16.0. The molecule has 2 heterocycles. The second-order valence-corrected chi connectivity index (χ2v) is 9.40. The van der Waals surface area contributed by atoms with E-state index in [1.54, 1.807) is 29.4 Å². The summed E-state index contributed by atoms with van der Waals surface area (Å²) in [7, 11) is -3.53. The molecule has 1 aromatic rings. The van der Waals surface area contributed by atoms with Crippen molar-refractivity contribution in [3.05, 3.63) is 23.8 Å². The van der Waals surface area contributed by atoms with Gasteiger partial charge in [0.05, 0.1) is 4.90 Å². The van der Waals surface area contributed by atoms with Gasteiger partial charge in [-0.3, -0.25) is 4.79 Å². The zero-order valence-corrected chi connectivity index (χ0v) is 17.7. The smallest absolute Gasteiger partial charge is 0.243 e. The van der Waals surface area contributed by atoms with Gasteiger partial charge >= 0.3 is 0 Å². The summed E-state index contributed by atoms with van der Waals surface area (Å²) in [6.07, 6.45) is 3.97. The van der Waals surface area contributed by atoms with E-state index in [1.165, 1.54) is 0 Å². The molecule has 2 aliphatic rings. The van der Waals surface area contributed by atoms with Gasteiger partial charge < -0.3 is 10.6 Å². The number of hydrogen-bond donors (Lipinski definition) is 2. The van der Waals surface area contributed by atoms with Gasteiger partial charge in [-0.15, -0.1) is 12.4 Å². The van der Waals surface area contributed by atoms with Gasteiger partial charge in [0.25, 0.3) is 0 Å². The molecule has 27 heavy (non-hydrogen) atoms. The van der Waals surface area contributed by atoms with Gasteiger partial charge in [-0.2, -0.15) is 4.31 Å². The molecule has 2 aliphatic heterocycles. The van der Waals surface area contributed by atoms with Crippen LogP contribution in [0.4, 0.5) is 5.69 Å². The van der Waals surface area contributed by atoms with E-state index in [0.717, 1.165) is 38.8 Å². The Bertz CT molecular complexity index is 757. The fraction of sp³-hybridized carbons (Fsp3) is 0.632. The van der Waals surface area contributed by atoms with Gasteiger partial charge in [0.2, 0.25) is 15.9 Å². The van der Waals surface area contributed by atoms with Crippen LogP contribution in [0.15, 0.2) is 23.1 Å². The maximum atomic E-state index is 13.1. The van der Waals surface area contributed by atoms with E-state index < -0.39 is 10.0 Å². The molecule has 2 fully saturated rings. The minimum absolute atomic E-state index is 0. The average Bonchev–Trinajstić information content (AvgIpc) is 2.84. The predicted molar refractivity (Wildman–Crippen MR) is 110 cm³/mol. The molecule has 0 spiro atoms. The molecule has 0 aliphatic carbocycles. The normalized spacial score (nSPS) is 20.1. The van der Waals surface area contributed by atoms with Crippen molar-refractivity contribution >= 4 is 34.0 Å². The molecular weight excluding hydrogens is 386 g/mol. The van der Waals surface area contributed by atoms with Gasteiger partial charge in [-0.25, -0.2) is 8.42 Å². The van der Waals surface area contributed by atoms with Crippen LogP contribution in [-0.4, -0.2) is 44.8 Å². The lowest BCUT2D eigenvalue weighted by atomic mass is 9.88. The van der Waals surface area contributed by atoms with Gasteiger partial charge in [-0.05, 0) is 56.5 Å². The van der Waals surface area contributed by atoms with Gasteiger partial charge in [0, 0.05) is 24.7 Å². The third kappa shape index (κ3) is 5.02. The van der Waals surface area contributed by atoms with E-state index >= 15 is 0 Å². The number of amides is 1. The number of nitrogens with one attached hydrogen (secondary N) is 2. The number of halogens is 1. The maximum absolute atomic E-state index is 13.1. The second kappa shape index (κ2) is 9.37. The molecule has 0 bridgehead atoms. The topological polar surface area (TPSA) is 78.5 Å². The highest BCUT2D eigenvalue weighted by atomic mass is 35.5. The molecule has 152 valence electrons. The van der Waals surface area contributed by atoms with Crippen molar-refractivity contribution in [3.8, 4) is 0 Å². The molecule has 1 aromatic carbocycles. The minimum atomic E-state index is -3.53. The van der Waals surface area contributed by atoms with Crippen LogP contribution in [-0.2, 0) is 14.8 Å². The molecule has 8 heteroatoms. The highest BCUT2D eigenvalue weighted by Crippen LogP contribution is 2.26. The van der Waals surface area contributed by atoms with Crippen LogP contribution in [0, 0.1) is 18.8 Å². The lowest BCUT2D eigenvalue weighted by Crippen LogP contribution is -2.48. The van der Waals surface area contributed by atoms with Crippen molar-refractivity contribution in [2.45, 2.75) is 44.4 Å². The maximum Gasteiger partial charge on any atom is 0.243 e. The summed E-state index contributed by atoms with van der Waals surface area (Å²) in [5.74, 6) is 0.197. The molecule has 3 rings (SSSR count). The molecule has 0 saturated carbocycles. The molecule has 2 saturated heterocycles. The Labute approximate surface area is 168 Å². The SMILES string of the molecule is Cc1ccc(NC(=O)C(C)C2CNC2)cc1S(=O)(=O)N1CCCCCC1.Cl. The summed E-state index contributed by atoms with van der Waals surface area (Å²) in [5, 5.41) is 6.07. The third-order valence-corrected chi connectivity index (χ3v) is 7.61. The fourth-order valence-corrected chi connectivity index (χ4v) is 5.28. The molecule has 0 aromatic heterocycles. The number of carbonyl (C=O) groups excluding carboxylic acids is 1. The van der Waals surface area contributed by atoms with Crippen molar-refractivity contribution in [3.63, 3.8) is 0 Å². The summed E-state index contributed by atoms with van der Waals surface area (Å²) in [4.78, 5) is 12.7. The van der Waals surface area contributed by atoms with Crippen LogP contribution >= 0.6 is 12.4 Å². The number of hydrogen-bond acceptors (Lipinski definition) is 4. The summed E-state index contributed by atoms with van der Waals surface area (Å²) in [6.45, 7) is 6.59. The lowest BCUT2D eigenvalue weighted by Gasteiger charge is -2.31. The van der Waals surface area contributed by atoms with Crippen LogP contribution in [0.2, 0.25) is 0 Å². The van der Waals surface area contributed by atoms with E-state index in [-0.39, 0.29) is 24.2 Å². The summed E-state index contributed by atoms with van der Waals surface area (Å²) >= 11 is 0. The van der Waals surface area contributed by atoms with Crippen molar-refractivity contribution in [2.24, 2.45) is 11.8 Å². The van der Waals surface area contributed by atoms with E-state index in [4.69, 9.17) is 0 Å². The third-order valence-electron chi connectivity index (χ3n) is 5.57. The number of nitrogens with zero attached hydrogens (tertiary/aromatic N) is 1. The number of carbonyl (C=O) groups is 1. The van der Waals surface area contributed by atoms with Crippen molar-refractivity contribution in [1.82, 2.24) is 9.62 Å². The Morgan fingerprint density at radius 1 is 1.19 bits per heavy atom. The first-order chi connectivity index (χ1) is 12.4. The monoisotopic (exact) mass is 415 g/mol. The quantitative estimate of drug-likeness (QED) is 0.775. The van der Waals surface area contributed by atoms with Crippen molar-refractivity contribution in [1.29, 1.82) is 0 Å². The highest BCUT2D eigenvalue weighted by Gasteiger charge is 2.30. The molecule has 1 atom stereocenters. The lowest BCUT2D eigenvalue weighted by molar-refractivity contribution is -0.121. The number of sulfonamides is 1. The van der Waals surface area contributed by atoms with E-state index in [0.29, 0.717) is 35.2 Å². The Balaban J connectivity index is 0.00000261. The highest BCUT2D eigenvalue weighted by molar-refractivity contribution is 7.89. The standard InChI is InChI=1S/C19H29N3O3S.ClH/c1-14-7-8-17(21-19(23)15(2)16-12-20-13-16)11-18(14)26(24,25)22-9-5-3-4-6-10-22;/h7-8,11,15-16,20H,3-6,9-10,12-13H2,1-2H3,(H,21,23);1H. The van der Waals surface area contributed by atoms with Crippen LogP contribution in [0.1, 0.15) is 38.2 Å². The summed E-state index contributed by atoms with van der Waals surface area (Å²) < 4.78 is 27.8. The molecule has 0 radical (unpaired) electrons. The Hall–Kier alpha value is -1.15.